The minimum absolute atomic E-state index is 0.0750. The van der Waals surface area contributed by atoms with E-state index in [9.17, 15) is 8.42 Å². The van der Waals surface area contributed by atoms with E-state index in [4.69, 9.17) is 16.3 Å². The summed E-state index contributed by atoms with van der Waals surface area (Å²) in [5.41, 5.74) is 2.79. The number of aromatic nitrogens is 1. The molecule has 176 valence electrons. The zero-order valence-electron chi connectivity index (χ0n) is 18.5. The molecule has 1 aliphatic rings. The third-order valence-corrected chi connectivity index (χ3v) is 8.33. The minimum Gasteiger partial charge on any atom is -0.489 e. The quantitative estimate of drug-likeness (QED) is 0.422. The SMILES string of the molecule is Cc1ccccc1CCCN1CCC(Oc2ccc(S(=O)(=O)Nc3nccs3)cc2Cl)CC1. The lowest BCUT2D eigenvalue weighted by Gasteiger charge is -2.32. The molecule has 4 rings (SSSR count). The molecule has 0 aliphatic carbocycles. The van der Waals surface area contributed by atoms with Gasteiger partial charge in [-0.25, -0.2) is 13.4 Å². The number of halogens is 1. The van der Waals surface area contributed by atoms with Gasteiger partial charge in [0.2, 0.25) is 0 Å². The van der Waals surface area contributed by atoms with Crippen molar-refractivity contribution in [1.82, 2.24) is 9.88 Å². The summed E-state index contributed by atoms with van der Waals surface area (Å²) >= 11 is 7.58. The van der Waals surface area contributed by atoms with Crippen LogP contribution in [0.4, 0.5) is 5.13 Å². The monoisotopic (exact) mass is 505 g/mol. The number of anilines is 1. The van der Waals surface area contributed by atoms with Crippen LogP contribution in [-0.2, 0) is 16.4 Å². The lowest BCUT2D eigenvalue weighted by atomic mass is 10.0. The number of aryl methyl sites for hydroxylation is 2. The van der Waals surface area contributed by atoms with Crippen molar-refractivity contribution in [3.05, 3.63) is 70.2 Å². The lowest BCUT2D eigenvalue weighted by molar-refractivity contribution is 0.1000. The highest BCUT2D eigenvalue weighted by atomic mass is 35.5. The summed E-state index contributed by atoms with van der Waals surface area (Å²) in [7, 11) is -3.74. The summed E-state index contributed by atoms with van der Waals surface area (Å²) in [5.74, 6) is 0.517. The van der Waals surface area contributed by atoms with Crippen molar-refractivity contribution in [3.63, 3.8) is 0 Å². The Morgan fingerprint density at radius 3 is 2.70 bits per heavy atom. The van der Waals surface area contributed by atoms with E-state index in [0.717, 1.165) is 45.3 Å². The fourth-order valence-electron chi connectivity index (χ4n) is 4.01. The van der Waals surface area contributed by atoms with Gasteiger partial charge >= 0.3 is 0 Å². The number of ether oxygens (including phenoxy) is 1. The van der Waals surface area contributed by atoms with Gasteiger partial charge < -0.3 is 9.64 Å². The van der Waals surface area contributed by atoms with Crippen molar-refractivity contribution in [2.24, 2.45) is 0 Å². The maximum Gasteiger partial charge on any atom is 0.263 e. The number of likely N-dealkylation sites (tertiary alicyclic amines) is 1. The minimum atomic E-state index is -3.74. The molecule has 0 amide bonds. The van der Waals surface area contributed by atoms with Gasteiger partial charge in [0.15, 0.2) is 5.13 Å². The molecule has 33 heavy (non-hydrogen) atoms. The Morgan fingerprint density at radius 1 is 1.21 bits per heavy atom. The average Bonchev–Trinajstić information content (AvgIpc) is 3.30. The summed E-state index contributed by atoms with van der Waals surface area (Å²) in [5, 5.41) is 2.31. The fourth-order valence-corrected chi connectivity index (χ4v) is 6.11. The summed E-state index contributed by atoms with van der Waals surface area (Å²) in [6.07, 6.45) is 5.71. The second-order valence-corrected chi connectivity index (χ2v) is 11.2. The molecular weight excluding hydrogens is 478 g/mol. The van der Waals surface area contributed by atoms with Crippen molar-refractivity contribution in [2.45, 2.75) is 43.6 Å². The maximum absolute atomic E-state index is 12.5. The molecule has 0 radical (unpaired) electrons. The molecule has 0 saturated carbocycles. The highest BCUT2D eigenvalue weighted by Gasteiger charge is 2.22. The van der Waals surface area contributed by atoms with Crippen LogP contribution in [0.15, 0.2) is 58.9 Å². The first-order valence-electron chi connectivity index (χ1n) is 11.1. The Balaban J connectivity index is 1.26. The topological polar surface area (TPSA) is 71.5 Å². The van der Waals surface area contributed by atoms with Crippen LogP contribution in [0.5, 0.6) is 5.75 Å². The van der Waals surface area contributed by atoms with Crippen LogP contribution in [0.25, 0.3) is 0 Å². The molecule has 1 N–H and O–H groups in total. The van der Waals surface area contributed by atoms with Crippen LogP contribution in [0.3, 0.4) is 0 Å². The Bertz CT molecular complexity index is 1160. The largest absolute Gasteiger partial charge is 0.489 e. The van der Waals surface area contributed by atoms with E-state index >= 15 is 0 Å². The molecule has 0 spiro atoms. The van der Waals surface area contributed by atoms with Gasteiger partial charge in [-0.2, -0.15) is 0 Å². The standard InChI is InChI=1S/C24H28ClN3O3S2/c1-18-5-2-3-6-19(18)7-4-13-28-14-10-20(11-15-28)31-23-9-8-21(17-22(23)25)33(29,30)27-24-26-12-16-32-24/h2-3,5-6,8-9,12,16-17,20H,4,7,10-11,13-15H2,1H3,(H,26,27). The van der Waals surface area contributed by atoms with Gasteiger partial charge in [0.05, 0.1) is 9.92 Å². The van der Waals surface area contributed by atoms with E-state index in [0.29, 0.717) is 10.9 Å². The van der Waals surface area contributed by atoms with Gasteiger partial charge in [0.1, 0.15) is 11.9 Å². The highest BCUT2D eigenvalue weighted by molar-refractivity contribution is 7.93. The van der Waals surface area contributed by atoms with Crippen LogP contribution >= 0.6 is 22.9 Å². The molecule has 0 atom stereocenters. The first-order chi connectivity index (χ1) is 15.9. The molecule has 6 nitrogen and oxygen atoms in total. The second-order valence-electron chi connectivity index (χ2n) is 8.22. The summed E-state index contributed by atoms with van der Waals surface area (Å²) < 4.78 is 33.6. The predicted octanol–water partition coefficient (Wildman–Crippen LogP) is 5.38. The van der Waals surface area contributed by atoms with Crippen LogP contribution in [0.2, 0.25) is 5.02 Å². The van der Waals surface area contributed by atoms with E-state index in [-0.39, 0.29) is 16.0 Å². The van der Waals surface area contributed by atoms with Crippen LogP contribution in [0, 0.1) is 6.92 Å². The van der Waals surface area contributed by atoms with Crippen molar-refractivity contribution in [1.29, 1.82) is 0 Å². The molecule has 0 unspecified atom stereocenters. The second kappa shape index (κ2) is 10.9. The maximum atomic E-state index is 12.5. The number of thiazole rings is 1. The molecule has 1 fully saturated rings. The van der Waals surface area contributed by atoms with Gasteiger partial charge in [-0.1, -0.05) is 35.9 Å². The fraction of sp³-hybridized carbons (Fsp3) is 0.375. The number of piperidine rings is 1. The molecule has 1 aliphatic heterocycles. The third kappa shape index (κ3) is 6.47. The Kier molecular flexibility index (Phi) is 7.90. The molecule has 1 aromatic heterocycles. The number of hydrogen-bond acceptors (Lipinski definition) is 6. The summed E-state index contributed by atoms with van der Waals surface area (Å²) in [6, 6.07) is 13.1. The molecule has 0 bridgehead atoms. The van der Waals surface area contributed by atoms with E-state index in [1.807, 2.05) is 0 Å². The smallest absolute Gasteiger partial charge is 0.263 e. The zero-order valence-corrected chi connectivity index (χ0v) is 20.9. The number of benzene rings is 2. The van der Waals surface area contributed by atoms with Crippen molar-refractivity contribution in [3.8, 4) is 5.75 Å². The number of sulfonamides is 1. The average molecular weight is 506 g/mol. The van der Waals surface area contributed by atoms with Crippen molar-refractivity contribution < 1.29 is 13.2 Å². The van der Waals surface area contributed by atoms with Gasteiger partial charge in [0, 0.05) is 24.7 Å². The zero-order chi connectivity index (χ0) is 23.3. The van der Waals surface area contributed by atoms with Crippen LogP contribution < -0.4 is 9.46 Å². The van der Waals surface area contributed by atoms with Crippen molar-refractivity contribution >= 4 is 38.1 Å². The number of rotatable bonds is 9. The van der Waals surface area contributed by atoms with Gasteiger partial charge in [-0.3, -0.25) is 4.72 Å². The third-order valence-electron chi connectivity index (χ3n) is 5.88. The molecule has 3 aromatic rings. The first-order valence-corrected chi connectivity index (χ1v) is 13.8. The number of nitrogens with zero attached hydrogens (tertiary/aromatic N) is 2. The molecule has 2 aromatic carbocycles. The van der Waals surface area contributed by atoms with E-state index in [2.05, 4.69) is 45.8 Å². The van der Waals surface area contributed by atoms with Crippen LogP contribution in [0.1, 0.15) is 30.4 Å². The molecular formula is C24H28ClN3O3S2. The predicted molar refractivity (Wildman–Crippen MR) is 134 cm³/mol. The Labute approximate surface area is 204 Å². The van der Waals surface area contributed by atoms with Crippen molar-refractivity contribution in [2.75, 3.05) is 24.4 Å². The Hall–Kier alpha value is -2.13. The molecule has 2 heterocycles. The van der Waals surface area contributed by atoms with E-state index in [1.54, 1.807) is 17.6 Å². The van der Waals surface area contributed by atoms with Gasteiger partial charge in [-0.05, 0) is 68.5 Å². The Morgan fingerprint density at radius 2 is 2.00 bits per heavy atom. The summed E-state index contributed by atoms with van der Waals surface area (Å²) in [6.45, 7) is 5.23. The van der Waals surface area contributed by atoms with Gasteiger partial charge in [-0.15, -0.1) is 11.3 Å². The number of hydrogen-bond donors (Lipinski definition) is 1. The van der Waals surface area contributed by atoms with E-state index in [1.165, 1.54) is 34.6 Å². The van der Waals surface area contributed by atoms with Crippen LogP contribution in [-0.4, -0.2) is 44.0 Å². The van der Waals surface area contributed by atoms with E-state index < -0.39 is 10.0 Å². The normalized spacial score (nSPS) is 15.5. The highest BCUT2D eigenvalue weighted by Crippen LogP contribution is 2.31. The molecule has 9 heteroatoms. The first kappa shape index (κ1) is 24.0. The van der Waals surface area contributed by atoms with Gasteiger partial charge in [0.25, 0.3) is 10.0 Å². The molecule has 1 saturated heterocycles. The number of nitrogens with one attached hydrogen (secondary N) is 1. The summed E-state index contributed by atoms with van der Waals surface area (Å²) in [4.78, 5) is 6.52. The lowest BCUT2D eigenvalue weighted by Crippen LogP contribution is -2.38.